The zero-order chi connectivity index (χ0) is 16.3. The lowest BCUT2D eigenvalue weighted by Gasteiger charge is -2.16. The minimum atomic E-state index is -4.89. The minimum absolute atomic E-state index is 0.237. The van der Waals surface area contributed by atoms with Crippen molar-refractivity contribution < 1.29 is 32.6 Å². The molecule has 1 aromatic rings. The summed E-state index contributed by atoms with van der Waals surface area (Å²) >= 11 is 0. The first kappa shape index (κ1) is 16.1. The molecule has 0 aromatic heterocycles. The number of amides is 1. The number of nitrogens with one attached hydrogen (secondary N) is 1. The molecule has 120 valence electrons. The van der Waals surface area contributed by atoms with E-state index in [0.717, 1.165) is 6.07 Å². The Balaban J connectivity index is 2.06. The highest BCUT2D eigenvalue weighted by Crippen LogP contribution is 2.28. The number of para-hydroxylation sites is 1. The summed E-state index contributed by atoms with van der Waals surface area (Å²) < 4.78 is 40.8. The molecule has 1 amide bonds. The maximum Gasteiger partial charge on any atom is 0.573 e. The Hall–Kier alpha value is -2.25. The molecule has 1 aliphatic rings. The van der Waals surface area contributed by atoms with Crippen LogP contribution in [0.2, 0.25) is 0 Å². The Labute approximate surface area is 124 Å². The van der Waals surface area contributed by atoms with Gasteiger partial charge in [0.05, 0.1) is 11.5 Å². The van der Waals surface area contributed by atoms with Crippen LogP contribution in [0.25, 0.3) is 0 Å². The number of rotatable bonds is 4. The van der Waals surface area contributed by atoms with Crippen LogP contribution in [0.15, 0.2) is 24.3 Å². The van der Waals surface area contributed by atoms with Crippen molar-refractivity contribution in [2.24, 2.45) is 5.92 Å². The fourth-order valence-corrected chi connectivity index (χ4v) is 2.47. The molecule has 0 heterocycles. The Morgan fingerprint density at radius 1 is 1.23 bits per heavy atom. The number of carboxylic acids is 1. The summed E-state index contributed by atoms with van der Waals surface area (Å²) in [4.78, 5) is 22.9. The van der Waals surface area contributed by atoms with Crippen LogP contribution >= 0.6 is 0 Å². The van der Waals surface area contributed by atoms with Gasteiger partial charge in [0.2, 0.25) is 0 Å². The van der Waals surface area contributed by atoms with Crippen LogP contribution in [0.1, 0.15) is 29.6 Å². The van der Waals surface area contributed by atoms with Gasteiger partial charge in [-0.1, -0.05) is 12.1 Å². The largest absolute Gasteiger partial charge is 0.573 e. The normalized spacial score (nSPS) is 21.4. The number of aliphatic carboxylic acids is 1. The SMILES string of the molecule is O=C(N[C@@H]1CC[C@H](C(=O)O)C1)c1ccccc1OC(F)(F)F. The average molecular weight is 317 g/mol. The number of ether oxygens (including phenoxy) is 1. The van der Waals surface area contributed by atoms with Crippen LogP contribution in [-0.4, -0.2) is 29.4 Å². The molecule has 0 spiro atoms. The van der Waals surface area contributed by atoms with E-state index in [1.807, 2.05) is 0 Å². The zero-order valence-corrected chi connectivity index (χ0v) is 11.4. The third kappa shape index (κ3) is 4.12. The third-order valence-electron chi connectivity index (χ3n) is 3.47. The predicted octanol–water partition coefficient (Wildman–Crippen LogP) is 2.57. The molecule has 0 radical (unpaired) electrons. The molecular weight excluding hydrogens is 303 g/mol. The van der Waals surface area contributed by atoms with E-state index in [0.29, 0.717) is 12.8 Å². The Morgan fingerprint density at radius 2 is 1.91 bits per heavy atom. The van der Waals surface area contributed by atoms with E-state index < -0.39 is 29.9 Å². The quantitative estimate of drug-likeness (QED) is 0.895. The summed E-state index contributed by atoms with van der Waals surface area (Å²) in [6.45, 7) is 0. The van der Waals surface area contributed by atoms with E-state index in [1.165, 1.54) is 18.2 Å². The standard InChI is InChI=1S/C14H14F3NO4/c15-14(16,17)22-11-4-2-1-3-10(11)12(19)18-9-6-5-8(7-9)13(20)21/h1-4,8-9H,5-7H2,(H,18,19)(H,20,21)/t8-,9+/m0/s1. The van der Waals surface area contributed by atoms with Crippen molar-refractivity contribution in [3.05, 3.63) is 29.8 Å². The molecule has 1 aromatic carbocycles. The van der Waals surface area contributed by atoms with Gasteiger partial charge in [0, 0.05) is 6.04 Å². The average Bonchev–Trinajstić information content (AvgIpc) is 2.86. The summed E-state index contributed by atoms with van der Waals surface area (Å²) in [5, 5.41) is 11.5. The minimum Gasteiger partial charge on any atom is -0.481 e. The number of carbonyl (C=O) groups is 2. The van der Waals surface area contributed by atoms with Crippen LogP contribution < -0.4 is 10.1 Å². The molecule has 1 aliphatic carbocycles. The Kier molecular flexibility index (Phi) is 4.58. The van der Waals surface area contributed by atoms with E-state index in [2.05, 4.69) is 10.1 Å². The van der Waals surface area contributed by atoms with Gasteiger partial charge in [-0.05, 0) is 31.4 Å². The second-order valence-corrected chi connectivity index (χ2v) is 5.06. The number of benzene rings is 1. The van der Waals surface area contributed by atoms with E-state index in [-0.39, 0.29) is 18.0 Å². The molecule has 2 rings (SSSR count). The van der Waals surface area contributed by atoms with Gasteiger partial charge >= 0.3 is 12.3 Å². The van der Waals surface area contributed by atoms with Crippen LogP contribution in [0.4, 0.5) is 13.2 Å². The Bertz CT molecular complexity index is 573. The van der Waals surface area contributed by atoms with Crippen molar-refractivity contribution in [2.75, 3.05) is 0 Å². The lowest BCUT2D eigenvalue weighted by Crippen LogP contribution is -2.34. The van der Waals surface area contributed by atoms with E-state index in [9.17, 15) is 22.8 Å². The molecule has 8 heteroatoms. The van der Waals surface area contributed by atoms with Crippen LogP contribution in [0, 0.1) is 5.92 Å². The fourth-order valence-electron chi connectivity index (χ4n) is 2.47. The number of alkyl halides is 3. The molecule has 0 bridgehead atoms. The molecule has 0 aliphatic heterocycles. The molecule has 2 N–H and O–H groups in total. The van der Waals surface area contributed by atoms with Gasteiger partial charge in [0.25, 0.3) is 5.91 Å². The lowest BCUT2D eigenvalue weighted by molar-refractivity contribution is -0.274. The van der Waals surface area contributed by atoms with E-state index in [1.54, 1.807) is 0 Å². The number of carbonyl (C=O) groups excluding carboxylic acids is 1. The van der Waals surface area contributed by atoms with E-state index in [4.69, 9.17) is 5.11 Å². The molecule has 0 unspecified atom stereocenters. The molecule has 2 atom stereocenters. The van der Waals surface area contributed by atoms with Crippen molar-refractivity contribution in [1.29, 1.82) is 0 Å². The van der Waals surface area contributed by atoms with Crippen LogP contribution in [0.3, 0.4) is 0 Å². The fraction of sp³-hybridized carbons (Fsp3) is 0.429. The topological polar surface area (TPSA) is 75.6 Å². The van der Waals surface area contributed by atoms with Gasteiger partial charge in [0.15, 0.2) is 0 Å². The maximum absolute atomic E-state index is 12.3. The summed E-state index contributed by atoms with van der Waals surface area (Å²) in [7, 11) is 0. The third-order valence-corrected chi connectivity index (χ3v) is 3.47. The molecule has 22 heavy (non-hydrogen) atoms. The van der Waals surface area contributed by atoms with Crippen molar-refractivity contribution in [2.45, 2.75) is 31.7 Å². The summed E-state index contributed by atoms with van der Waals surface area (Å²) in [6, 6.07) is 4.66. The monoisotopic (exact) mass is 317 g/mol. The van der Waals surface area contributed by atoms with Gasteiger partial charge in [-0.2, -0.15) is 0 Å². The van der Waals surface area contributed by atoms with Gasteiger partial charge in [0.1, 0.15) is 5.75 Å². The molecule has 0 saturated heterocycles. The molecule has 1 fully saturated rings. The van der Waals surface area contributed by atoms with Crippen LogP contribution in [0.5, 0.6) is 5.75 Å². The summed E-state index contributed by atoms with van der Waals surface area (Å²) in [5.41, 5.74) is -0.237. The summed E-state index contributed by atoms with van der Waals surface area (Å²) in [6.07, 6.45) is -3.71. The number of carboxylic acid groups (broad SMARTS) is 1. The first-order valence-electron chi connectivity index (χ1n) is 6.64. The highest BCUT2D eigenvalue weighted by molar-refractivity contribution is 5.97. The second-order valence-electron chi connectivity index (χ2n) is 5.06. The number of hydrogen-bond donors (Lipinski definition) is 2. The van der Waals surface area contributed by atoms with Gasteiger partial charge < -0.3 is 15.2 Å². The smallest absolute Gasteiger partial charge is 0.481 e. The number of hydrogen-bond acceptors (Lipinski definition) is 3. The highest BCUT2D eigenvalue weighted by Gasteiger charge is 2.34. The number of halogens is 3. The molecule has 1 saturated carbocycles. The zero-order valence-electron chi connectivity index (χ0n) is 11.4. The molecular formula is C14H14F3NO4. The van der Waals surface area contributed by atoms with E-state index >= 15 is 0 Å². The van der Waals surface area contributed by atoms with Crippen LogP contribution in [-0.2, 0) is 4.79 Å². The first-order chi connectivity index (χ1) is 10.3. The van der Waals surface area contributed by atoms with Gasteiger partial charge in [-0.15, -0.1) is 13.2 Å². The van der Waals surface area contributed by atoms with Crippen molar-refractivity contribution in [3.63, 3.8) is 0 Å². The van der Waals surface area contributed by atoms with Crippen molar-refractivity contribution in [3.8, 4) is 5.75 Å². The first-order valence-corrected chi connectivity index (χ1v) is 6.64. The van der Waals surface area contributed by atoms with Crippen molar-refractivity contribution in [1.82, 2.24) is 5.32 Å². The second kappa shape index (κ2) is 6.25. The summed E-state index contributed by atoms with van der Waals surface area (Å²) in [5.74, 6) is -2.76. The Morgan fingerprint density at radius 3 is 2.50 bits per heavy atom. The van der Waals surface area contributed by atoms with Crippen molar-refractivity contribution >= 4 is 11.9 Å². The van der Waals surface area contributed by atoms with Gasteiger partial charge in [-0.3, -0.25) is 9.59 Å². The molecule has 5 nitrogen and oxygen atoms in total. The lowest BCUT2D eigenvalue weighted by atomic mass is 10.1. The highest BCUT2D eigenvalue weighted by atomic mass is 19.4. The predicted molar refractivity (Wildman–Crippen MR) is 69.4 cm³/mol. The van der Waals surface area contributed by atoms with Gasteiger partial charge in [-0.25, -0.2) is 0 Å². The maximum atomic E-state index is 12.3.